The Morgan fingerprint density at radius 2 is 1.86 bits per heavy atom. The number of hydrogen-bond donors (Lipinski definition) is 1. The Kier molecular flexibility index (Phi) is 1.54. The summed E-state index contributed by atoms with van der Waals surface area (Å²) in [5, 5.41) is 11.9. The zero-order valence-corrected chi connectivity index (χ0v) is 7.96. The van der Waals surface area contributed by atoms with E-state index in [2.05, 4.69) is 12.1 Å². The van der Waals surface area contributed by atoms with Crippen molar-refractivity contribution in [3.8, 4) is 5.75 Å². The van der Waals surface area contributed by atoms with Gasteiger partial charge in [0, 0.05) is 0 Å². The van der Waals surface area contributed by atoms with E-state index in [1.165, 1.54) is 34.7 Å². The van der Waals surface area contributed by atoms with Crippen LogP contribution in [0.4, 0.5) is 0 Å². The molecule has 1 aliphatic carbocycles. The molecule has 1 aliphatic rings. The molecule has 1 heteroatoms. The summed E-state index contributed by atoms with van der Waals surface area (Å²) < 4.78 is 0. The molecule has 14 heavy (non-hydrogen) atoms. The van der Waals surface area contributed by atoms with Gasteiger partial charge in [0.1, 0.15) is 5.75 Å². The number of benzene rings is 2. The average Bonchev–Trinajstić information content (AvgIpc) is 2.65. The zero-order valence-electron chi connectivity index (χ0n) is 7.96. The Bertz CT molecular complexity index is 500. The van der Waals surface area contributed by atoms with E-state index >= 15 is 0 Å². The fourth-order valence-corrected chi connectivity index (χ4v) is 2.40. The lowest BCUT2D eigenvalue weighted by molar-refractivity contribution is 0.476. The largest absolute Gasteiger partial charge is 0.508 e. The molecular weight excluding hydrogens is 172 g/mol. The fourth-order valence-electron chi connectivity index (χ4n) is 2.40. The van der Waals surface area contributed by atoms with Gasteiger partial charge in [0.05, 0.1) is 0 Å². The first kappa shape index (κ1) is 7.86. The normalized spacial score (nSPS) is 14.6. The number of hydrogen-bond acceptors (Lipinski definition) is 1. The molecule has 0 saturated carbocycles. The first-order valence-electron chi connectivity index (χ1n) is 5.08. The van der Waals surface area contributed by atoms with Crippen molar-refractivity contribution in [2.75, 3.05) is 0 Å². The van der Waals surface area contributed by atoms with E-state index in [4.69, 9.17) is 0 Å². The van der Waals surface area contributed by atoms with Gasteiger partial charge in [-0.2, -0.15) is 0 Å². The lowest BCUT2D eigenvalue weighted by Crippen LogP contribution is -1.84. The Morgan fingerprint density at radius 3 is 2.79 bits per heavy atom. The molecule has 0 heterocycles. The molecule has 0 amide bonds. The van der Waals surface area contributed by atoms with Crippen LogP contribution in [0.1, 0.15) is 17.5 Å². The summed E-state index contributed by atoms with van der Waals surface area (Å²) in [6, 6.07) is 10.0. The minimum absolute atomic E-state index is 0.373. The summed E-state index contributed by atoms with van der Waals surface area (Å²) in [5.41, 5.74) is 2.90. The third-order valence-corrected chi connectivity index (χ3v) is 3.09. The van der Waals surface area contributed by atoms with Crippen LogP contribution in [0.2, 0.25) is 0 Å². The molecule has 2 aromatic rings. The van der Waals surface area contributed by atoms with Gasteiger partial charge in [-0.3, -0.25) is 0 Å². The van der Waals surface area contributed by atoms with Crippen molar-refractivity contribution in [1.82, 2.24) is 0 Å². The van der Waals surface area contributed by atoms with E-state index in [1.807, 2.05) is 12.1 Å². The van der Waals surface area contributed by atoms with E-state index in [1.54, 1.807) is 6.07 Å². The summed E-state index contributed by atoms with van der Waals surface area (Å²) in [4.78, 5) is 0. The summed E-state index contributed by atoms with van der Waals surface area (Å²) in [7, 11) is 0. The molecule has 0 aliphatic heterocycles. The van der Waals surface area contributed by atoms with Gasteiger partial charge in [0.15, 0.2) is 0 Å². The predicted molar refractivity (Wildman–Crippen MR) is 57.6 cm³/mol. The number of phenols is 1. The second kappa shape index (κ2) is 2.74. The van der Waals surface area contributed by atoms with Crippen LogP contribution in [0.15, 0.2) is 30.3 Å². The van der Waals surface area contributed by atoms with Crippen molar-refractivity contribution in [1.29, 1.82) is 0 Å². The minimum atomic E-state index is 0.373. The van der Waals surface area contributed by atoms with Gasteiger partial charge in [-0.05, 0) is 53.3 Å². The van der Waals surface area contributed by atoms with Gasteiger partial charge < -0.3 is 5.11 Å². The highest BCUT2D eigenvalue weighted by molar-refractivity contribution is 5.88. The van der Waals surface area contributed by atoms with Crippen molar-refractivity contribution in [2.24, 2.45) is 0 Å². The van der Waals surface area contributed by atoms with Crippen molar-refractivity contribution < 1.29 is 5.11 Å². The molecule has 0 unspecified atom stereocenters. The maximum Gasteiger partial charge on any atom is 0.116 e. The number of aryl methyl sites for hydroxylation is 2. The van der Waals surface area contributed by atoms with Crippen molar-refractivity contribution >= 4 is 10.8 Å². The van der Waals surface area contributed by atoms with E-state index < -0.39 is 0 Å². The lowest BCUT2D eigenvalue weighted by atomic mass is 10.0. The molecule has 0 saturated heterocycles. The standard InChI is InChI=1S/C13H12O/c14-11-7-6-10-5-4-9-2-1-3-12(9)13(10)8-11/h4-8,14H,1-3H2. The highest BCUT2D eigenvalue weighted by Crippen LogP contribution is 2.31. The Balaban J connectivity index is 2.41. The molecule has 1 N–H and O–H groups in total. The van der Waals surface area contributed by atoms with E-state index in [0.717, 1.165) is 6.42 Å². The molecule has 0 spiro atoms. The number of rotatable bonds is 0. The van der Waals surface area contributed by atoms with Gasteiger partial charge in [0.2, 0.25) is 0 Å². The topological polar surface area (TPSA) is 20.2 Å². The molecule has 2 aromatic carbocycles. The number of aromatic hydroxyl groups is 1. The fraction of sp³-hybridized carbons (Fsp3) is 0.231. The average molecular weight is 184 g/mol. The molecular formula is C13H12O. The van der Waals surface area contributed by atoms with Crippen LogP contribution in [0.3, 0.4) is 0 Å². The maximum atomic E-state index is 9.46. The van der Waals surface area contributed by atoms with Gasteiger partial charge >= 0.3 is 0 Å². The Hall–Kier alpha value is -1.50. The molecule has 0 fully saturated rings. The maximum absolute atomic E-state index is 9.46. The summed E-state index contributed by atoms with van der Waals surface area (Å²) in [6.07, 6.45) is 3.61. The third-order valence-electron chi connectivity index (χ3n) is 3.09. The molecule has 0 radical (unpaired) electrons. The van der Waals surface area contributed by atoms with Crippen LogP contribution < -0.4 is 0 Å². The van der Waals surface area contributed by atoms with Crippen LogP contribution in [-0.4, -0.2) is 5.11 Å². The van der Waals surface area contributed by atoms with Crippen molar-refractivity contribution in [3.63, 3.8) is 0 Å². The smallest absolute Gasteiger partial charge is 0.116 e. The zero-order chi connectivity index (χ0) is 9.54. The molecule has 1 nitrogen and oxygen atoms in total. The molecule has 0 aromatic heterocycles. The molecule has 3 rings (SSSR count). The summed E-state index contributed by atoms with van der Waals surface area (Å²) >= 11 is 0. The lowest BCUT2D eigenvalue weighted by Gasteiger charge is -2.05. The van der Waals surface area contributed by atoms with Gasteiger partial charge in [0.25, 0.3) is 0 Å². The van der Waals surface area contributed by atoms with E-state index in [0.29, 0.717) is 5.75 Å². The summed E-state index contributed by atoms with van der Waals surface area (Å²) in [6.45, 7) is 0. The Labute approximate surface area is 83.0 Å². The van der Waals surface area contributed by atoms with Crippen LogP contribution in [-0.2, 0) is 12.8 Å². The van der Waals surface area contributed by atoms with Gasteiger partial charge in [-0.25, -0.2) is 0 Å². The van der Waals surface area contributed by atoms with E-state index in [9.17, 15) is 5.11 Å². The van der Waals surface area contributed by atoms with E-state index in [-0.39, 0.29) is 0 Å². The molecule has 70 valence electrons. The number of fused-ring (bicyclic) bond motifs is 3. The van der Waals surface area contributed by atoms with Crippen LogP contribution in [0.25, 0.3) is 10.8 Å². The van der Waals surface area contributed by atoms with Crippen LogP contribution in [0, 0.1) is 0 Å². The number of phenolic OH excluding ortho intramolecular Hbond substituents is 1. The van der Waals surface area contributed by atoms with Gasteiger partial charge in [-0.15, -0.1) is 0 Å². The summed E-state index contributed by atoms with van der Waals surface area (Å²) in [5.74, 6) is 0.373. The SMILES string of the molecule is Oc1ccc2ccc3c(c2c1)CCC3. The molecule has 0 atom stereocenters. The van der Waals surface area contributed by atoms with Gasteiger partial charge in [-0.1, -0.05) is 18.2 Å². The quantitative estimate of drug-likeness (QED) is 0.667. The second-order valence-corrected chi connectivity index (χ2v) is 3.96. The van der Waals surface area contributed by atoms with Crippen molar-refractivity contribution in [2.45, 2.75) is 19.3 Å². The highest BCUT2D eigenvalue weighted by atomic mass is 16.3. The highest BCUT2D eigenvalue weighted by Gasteiger charge is 2.13. The first-order valence-corrected chi connectivity index (χ1v) is 5.08. The Morgan fingerprint density at radius 1 is 1.00 bits per heavy atom. The van der Waals surface area contributed by atoms with Crippen LogP contribution in [0.5, 0.6) is 5.75 Å². The third kappa shape index (κ3) is 1.02. The second-order valence-electron chi connectivity index (χ2n) is 3.96. The van der Waals surface area contributed by atoms with Crippen LogP contribution >= 0.6 is 0 Å². The predicted octanol–water partition coefficient (Wildman–Crippen LogP) is 3.03. The minimum Gasteiger partial charge on any atom is -0.508 e. The monoisotopic (exact) mass is 184 g/mol. The van der Waals surface area contributed by atoms with Crippen molar-refractivity contribution in [3.05, 3.63) is 41.5 Å². The first-order chi connectivity index (χ1) is 6.84. The molecule has 0 bridgehead atoms.